The molecule has 0 aliphatic heterocycles. The number of aliphatic hydroxyl groups excluding tert-OH is 3. The highest BCUT2D eigenvalue weighted by Crippen LogP contribution is 2.67. The van der Waals surface area contributed by atoms with Gasteiger partial charge in [0, 0.05) is 23.7 Å². The van der Waals surface area contributed by atoms with Crippen molar-refractivity contribution in [3.8, 4) is 5.75 Å². The molecule has 0 aromatic heterocycles. The molecular formula is C28H33NO9. The molecule has 1 aromatic rings. The molecule has 0 heterocycles. The summed E-state index contributed by atoms with van der Waals surface area (Å²) in [5, 5.41) is 60.4. The maximum atomic E-state index is 14.0. The van der Waals surface area contributed by atoms with Gasteiger partial charge in [-0.05, 0) is 30.4 Å². The van der Waals surface area contributed by atoms with E-state index in [0.29, 0.717) is 5.56 Å². The van der Waals surface area contributed by atoms with Crippen molar-refractivity contribution in [1.82, 2.24) is 0 Å². The first-order valence-corrected chi connectivity index (χ1v) is 12.4. The summed E-state index contributed by atoms with van der Waals surface area (Å²) in [6, 6.07) is 2.94. The third-order valence-electron chi connectivity index (χ3n) is 9.15. The molecule has 1 amide bonds. The van der Waals surface area contributed by atoms with Crippen LogP contribution in [0, 0.1) is 22.7 Å². The number of nitrogens with one attached hydrogen (secondary N) is 1. The maximum absolute atomic E-state index is 14.0. The van der Waals surface area contributed by atoms with Crippen LogP contribution in [0.25, 0.3) is 0 Å². The predicted molar refractivity (Wildman–Crippen MR) is 136 cm³/mol. The fourth-order valence-electron chi connectivity index (χ4n) is 7.23. The van der Waals surface area contributed by atoms with Crippen molar-refractivity contribution >= 4 is 28.9 Å². The Labute approximate surface area is 219 Å². The standard InChI is InChI=1S/C28H33NO9/c1-10(2)18-21(33)16(12(4)30)23(35)28(38)24(36)19-22(34)17-14(8-9-15(20(17)32)29-13(5)31)11(3)26(19,6)25(37)27(18,28)7/h8-11,18,25,32-33,36-38H,1-7H3,(H,29,31)/t11-,18?,25-,26+,27+,28+/m1/s1. The van der Waals surface area contributed by atoms with Crippen molar-refractivity contribution in [3.63, 3.8) is 0 Å². The monoisotopic (exact) mass is 527 g/mol. The molecule has 0 saturated carbocycles. The van der Waals surface area contributed by atoms with E-state index in [1.54, 1.807) is 20.8 Å². The van der Waals surface area contributed by atoms with Gasteiger partial charge in [0.15, 0.2) is 22.9 Å². The molecule has 3 aliphatic rings. The molecule has 3 aliphatic carbocycles. The van der Waals surface area contributed by atoms with Gasteiger partial charge in [-0.1, -0.05) is 40.7 Å². The summed E-state index contributed by atoms with van der Waals surface area (Å²) in [6.07, 6.45) is -1.69. The second-order valence-electron chi connectivity index (χ2n) is 11.4. The second-order valence-corrected chi connectivity index (χ2v) is 11.4. The summed E-state index contributed by atoms with van der Waals surface area (Å²) in [7, 11) is 0. The highest BCUT2D eigenvalue weighted by molar-refractivity contribution is 6.25. The number of ketones is 3. The van der Waals surface area contributed by atoms with E-state index in [9.17, 15) is 44.7 Å². The smallest absolute Gasteiger partial charge is 0.221 e. The number of phenolic OH excluding ortho intramolecular Hbond substituents is 1. The lowest BCUT2D eigenvalue weighted by molar-refractivity contribution is -0.211. The quantitative estimate of drug-likeness (QED) is 0.254. The summed E-state index contributed by atoms with van der Waals surface area (Å²) < 4.78 is 0. The first-order valence-electron chi connectivity index (χ1n) is 12.4. The number of carbonyl (C=O) groups is 4. The number of Topliss-reactive ketones (excluding diaryl/α,β-unsaturated/α-hetero) is 3. The lowest BCUT2D eigenvalue weighted by Gasteiger charge is -2.63. The molecule has 0 saturated heterocycles. The van der Waals surface area contributed by atoms with Gasteiger partial charge in [-0.25, -0.2) is 0 Å². The molecule has 0 radical (unpaired) electrons. The van der Waals surface area contributed by atoms with E-state index >= 15 is 0 Å². The van der Waals surface area contributed by atoms with Gasteiger partial charge in [-0.2, -0.15) is 0 Å². The van der Waals surface area contributed by atoms with Crippen LogP contribution in [-0.4, -0.2) is 60.5 Å². The number of phenols is 1. The summed E-state index contributed by atoms with van der Waals surface area (Å²) >= 11 is 0. The van der Waals surface area contributed by atoms with Gasteiger partial charge in [0.25, 0.3) is 0 Å². The van der Waals surface area contributed by atoms with Gasteiger partial charge in [0.2, 0.25) is 11.7 Å². The first kappa shape index (κ1) is 27.5. The van der Waals surface area contributed by atoms with E-state index in [0.717, 1.165) is 6.92 Å². The fourth-order valence-corrected chi connectivity index (χ4v) is 7.23. The molecule has 6 atom stereocenters. The predicted octanol–water partition coefficient (Wildman–Crippen LogP) is 2.84. The molecule has 38 heavy (non-hydrogen) atoms. The van der Waals surface area contributed by atoms with E-state index in [1.807, 2.05) is 0 Å². The van der Waals surface area contributed by atoms with E-state index in [1.165, 1.54) is 32.9 Å². The molecule has 1 aromatic carbocycles. The largest absolute Gasteiger partial charge is 0.511 e. The number of hydrogen-bond acceptors (Lipinski definition) is 9. The molecule has 10 nitrogen and oxygen atoms in total. The van der Waals surface area contributed by atoms with Crippen molar-refractivity contribution < 1.29 is 44.7 Å². The number of rotatable bonds is 3. The molecule has 0 bridgehead atoms. The van der Waals surface area contributed by atoms with Gasteiger partial charge in [-0.3, -0.25) is 19.2 Å². The molecule has 1 unspecified atom stereocenters. The summed E-state index contributed by atoms with van der Waals surface area (Å²) in [5.41, 5.74) is -7.69. The highest BCUT2D eigenvalue weighted by Gasteiger charge is 2.76. The van der Waals surface area contributed by atoms with Gasteiger partial charge in [0.1, 0.15) is 17.1 Å². The lowest BCUT2D eigenvalue weighted by atomic mass is 9.41. The van der Waals surface area contributed by atoms with Gasteiger partial charge in [0.05, 0.1) is 22.9 Å². The average Bonchev–Trinajstić information content (AvgIpc) is 2.80. The molecular weight excluding hydrogens is 494 g/mol. The Kier molecular flexibility index (Phi) is 5.98. The minimum atomic E-state index is -2.94. The number of benzene rings is 1. The minimum Gasteiger partial charge on any atom is -0.511 e. The van der Waals surface area contributed by atoms with Gasteiger partial charge < -0.3 is 30.8 Å². The van der Waals surface area contributed by atoms with E-state index in [2.05, 4.69) is 5.32 Å². The Balaban J connectivity index is 2.13. The van der Waals surface area contributed by atoms with Crippen molar-refractivity contribution in [3.05, 3.63) is 45.9 Å². The fraction of sp³-hybridized carbons (Fsp3) is 0.500. The van der Waals surface area contributed by atoms with Crippen molar-refractivity contribution in [1.29, 1.82) is 0 Å². The number of aromatic hydroxyl groups is 1. The van der Waals surface area contributed by atoms with Crippen LogP contribution in [-0.2, 0) is 14.4 Å². The van der Waals surface area contributed by atoms with E-state index in [-0.39, 0.29) is 11.3 Å². The van der Waals surface area contributed by atoms with Crippen LogP contribution in [0.4, 0.5) is 5.69 Å². The summed E-state index contributed by atoms with van der Waals surface area (Å²) in [5.74, 6) is -8.25. The molecule has 0 fully saturated rings. The average molecular weight is 528 g/mol. The summed E-state index contributed by atoms with van der Waals surface area (Å²) in [6.45, 7) is 10.1. The number of aliphatic hydroxyl groups is 4. The SMILES string of the molecule is CC(=O)Nc1ccc2c(c1O)C(=O)C1=C(O)[C@@]3(O)C(=O)C(C(C)=O)=C(O)C(C(C)C)[C@@]3(C)[C@H](O)[C@@]1(C)[C@@H]2C. The number of fused-ring (bicyclic) bond motifs is 3. The zero-order valence-corrected chi connectivity index (χ0v) is 22.3. The number of hydrogen-bond donors (Lipinski definition) is 6. The Bertz CT molecular complexity index is 1390. The van der Waals surface area contributed by atoms with Crippen LogP contribution in [0.5, 0.6) is 5.75 Å². The van der Waals surface area contributed by atoms with Crippen LogP contribution in [0.3, 0.4) is 0 Å². The van der Waals surface area contributed by atoms with Gasteiger partial charge in [-0.15, -0.1) is 0 Å². The van der Waals surface area contributed by atoms with Crippen molar-refractivity contribution in [2.45, 2.75) is 66.1 Å². The number of amides is 1. The Morgan fingerprint density at radius 3 is 2.13 bits per heavy atom. The van der Waals surface area contributed by atoms with Crippen LogP contribution in [0.15, 0.2) is 34.8 Å². The van der Waals surface area contributed by atoms with Crippen LogP contribution in [0.1, 0.15) is 70.3 Å². The van der Waals surface area contributed by atoms with Crippen LogP contribution in [0.2, 0.25) is 0 Å². The van der Waals surface area contributed by atoms with Gasteiger partial charge >= 0.3 is 0 Å². The lowest BCUT2D eigenvalue weighted by Crippen LogP contribution is -2.73. The third-order valence-corrected chi connectivity index (χ3v) is 9.15. The zero-order chi connectivity index (χ0) is 28.9. The number of anilines is 1. The second kappa shape index (κ2) is 8.25. The normalized spacial score (nSPS) is 34.6. The minimum absolute atomic E-state index is 0.0549. The highest BCUT2D eigenvalue weighted by atomic mass is 16.4. The zero-order valence-electron chi connectivity index (χ0n) is 22.3. The van der Waals surface area contributed by atoms with Crippen molar-refractivity contribution in [2.75, 3.05) is 5.32 Å². The molecule has 6 N–H and O–H groups in total. The first-order chi connectivity index (χ1) is 17.4. The maximum Gasteiger partial charge on any atom is 0.221 e. The molecule has 204 valence electrons. The third kappa shape index (κ3) is 2.95. The molecule has 4 rings (SSSR count). The number of allylic oxidation sites excluding steroid dienone is 1. The van der Waals surface area contributed by atoms with E-state index in [4.69, 9.17) is 0 Å². The Hall–Kier alpha value is -3.50. The number of carbonyl (C=O) groups excluding carboxylic acids is 4. The van der Waals surface area contributed by atoms with E-state index < -0.39 is 92.0 Å². The summed E-state index contributed by atoms with van der Waals surface area (Å²) in [4.78, 5) is 51.8. The molecule has 10 heteroatoms. The Morgan fingerprint density at radius 1 is 1.05 bits per heavy atom. The topological polar surface area (TPSA) is 181 Å². The Morgan fingerprint density at radius 2 is 1.63 bits per heavy atom. The van der Waals surface area contributed by atoms with Crippen LogP contribution < -0.4 is 5.32 Å². The van der Waals surface area contributed by atoms with Crippen molar-refractivity contribution in [2.24, 2.45) is 22.7 Å². The van der Waals surface area contributed by atoms with Crippen LogP contribution >= 0.6 is 0 Å². The molecule has 0 spiro atoms.